The second-order valence-corrected chi connectivity index (χ2v) is 6.94. The summed E-state index contributed by atoms with van der Waals surface area (Å²) in [6.07, 6.45) is 1.74. The lowest BCUT2D eigenvalue weighted by molar-refractivity contribution is 0.0600. The van der Waals surface area contributed by atoms with E-state index in [2.05, 4.69) is 20.1 Å². The SMILES string of the molecule is COC(=O)c1cccc(C(=O)N2CCC(c3nnc4n3CCNC4)CC2)c1. The summed E-state index contributed by atoms with van der Waals surface area (Å²) in [6, 6.07) is 6.70. The molecular formula is C19H23N5O3. The lowest BCUT2D eigenvalue weighted by Crippen LogP contribution is -2.39. The van der Waals surface area contributed by atoms with Gasteiger partial charge >= 0.3 is 5.97 Å². The highest BCUT2D eigenvalue weighted by Crippen LogP contribution is 2.28. The average Bonchev–Trinajstić information content (AvgIpc) is 3.17. The van der Waals surface area contributed by atoms with Crippen molar-refractivity contribution in [1.29, 1.82) is 0 Å². The van der Waals surface area contributed by atoms with Crippen LogP contribution in [0.3, 0.4) is 0 Å². The van der Waals surface area contributed by atoms with Gasteiger partial charge in [-0.2, -0.15) is 0 Å². The van der Waals surface area contributed by atoms with Crippen molar-refractivity contribution in [3.63, 3.8) is 0 Å². The lowest BCUT2D eigenvalue weighted by Gasteiger charge is -2.32. The van der Waals surface area contributed by atoms with Crippen LogP contribution in [0.25, 0.3) is 0 Å². The Morgan fingerprint density at radius 3 is 2.70 bits per heavy atom. The highest BCUT2D eigenvalue weighted by atomic mass is 16.5. The van der Waals surface area contributed by atoms with E-state index in [1.165, 1.54) is 7.11 Å². The molecule has 0 saturated carbocycles. The number of hydrogen-bond acceptors (Lipinski definition) is 6. The molecule has 2 aromatic rings. The number of piperidine rings is 1. The number of aromatic nitrogens is 3. The zero-order valence-electron chi connectivity index (χ0n) is 15.4. The maximum atomic E-state index is 12.8. The van der Waals surface area contributed by atoms with Crippen LogP contribution in [0.2, 0.25) is 0 Å². The van der Waals surface area contributed by atoms with Gasteiger partial charge in [-0.15, -0.1) is 10.2 Å². The molecule has 1 fully saturated rings. The molecule has 0 atom stereocenters. The number of hydrogen-bond donors (Lipinski definition) is 1. The van der Waals surface area contributed by atoms with Gasteiger partial charge in [-0.3, -0.25) is 4.79 Å². The van der Waals surface area contributed by atoms with Gasteiger partial charge in [-0.1, -0.05) is 6.07 Å². The van der Waals surface area contributed by atoms with Gasteiger partial charge in [0, 0.05) is 37.7 Å². The third-order valence-electron chi connectivity index (χ3n) is 5.33. The Balaban J connectivity index is 1.43. The molecule has 1 saturated heterocycles. The van der Waals surface area contributed by atoms with E-state index in [9.17, 15) is 9.59 Å². The Kier molecular flexibility index (Phi) is 4.89. The summed E-state index contributed by atoms with van der Waals surface area (Å²) in [4.78, 5) is 26.4. The van der Waals surface area contributed by atoms with E-state index in [0.29, 0.717) is 30.1 Å². The molecule has 1 N–H and O–H groups in total. The number of likely N-dealkylation sites (tertiary alicyclic amines) is 1. The van der Waals surface area contributed by atoms with Crippen molar-refractivity contribution in [2.45, 2.75) is 31.8 Å². The minimum atomic E-state index is -0.436. The molecule has 142 valence electrons. The number of fused-ring (bicyclic) bond motifs is 1. The second kappa shape index (κ2) is 7.48. The zero-order chi connectivity index (χ0) is 18.8. The van der Waals surface area contributed by atoms with E-state index in [1.807, 2.05) is 4.90 Å². The lowest BCUT2D eigenvalue weighted by atomic mass is 9.95. The normalized spacial score (nSPS) is 17.4. The number of methoxy groups -OCH3 is 1. The van der Waals surface area contributed by atoms with Crippen LogP contribution in [0.4, 0.5) is 0 Å². The van der Waals surface area contributed by atoms with Crippen molar-refractivity contribution in [3.05, 3.63) is 47.0 Å². The summed E-state index contributed by atoms with van der Waals surface area (Å²) in [6.45, 7) is 3.95. The van der Waals surface area contributed by atoms with Crippen molar-refractivity contribution >= 4 is 11.9 Å². The molecule has 2 aliphatic rings. The quantitative estimate of drug-likeness (QED) is 0.818. The van der Waals surface area contributed by atoms with E-state index in [1.54, 1.807) is 24.3 Å². The predicted octanol–water partition coefficient (Wildman–Crippen LogP) is 1.19. The average molecular weight is 369 g/mol. The molecule has 0 aliphatic carbocycles. The van der Waals surface area contributed by atoms with E-state index in [0.717, 1.165) is 44.1 Å². The molecule has 0 radical (unpaired) electrons. The topological polar surface area (TPSA) is 89.4 Å². The monoisotopic (exact) mass is 369 g/mol. The molecule has 0 unspecified atom stereocenters. The first kappa shape index (κ1) is 17.7. The van der Waals surface area contributed by atoms with E-state index in [4.69, 9.17) is 4.74 Å². The van der Waals surface area contributed by atoms with Crippen LogP contribution in [0.5, 0.6) is 0 Å². The van der Waals surface area contributed by atoms with Crippen molar-refractivity contribution in [1.82, 2.24) is 25.0 Å². The Morgan fingerprint density at radius 2 is 1.93 bits per heavy atom. The van der Waals surface area contributed by atoms with Gasteiger partial charge in [-0.25, -0.2) is 4.79 Å². The van der Waals surface area contributed by atoms with Crippen LogP contribution < -0.4 is 5.32 Å². The van der Waals surface area contributed by atoms with Crippen molar-refractivity contribution < 1.29 is 14.3 Å². The summed E-state index contributed by atoms with van der Waals surface area (Å²) in [5, 5.41) is 12.0. The molecular weight excluding hydrogens is 346 g/mol. The van der Waals surface area contributed by atoms with Gasteiger partial charge in [0.05, 0.1) is 19.2 Å². The van der Waals surface area contributed by atoms with Gasteiger partial charge < -0.3 is 19.5 Å². The molecule has 3 heterocycles. The number of ether oxygens (including phenoxy) is 1. The molecule has 27 heavy (non-hydrogen) atoms. The first-order chi connectivity index (χ1) is 13.2. The maximum absolute atomic E-state index is 12.8. The van der Waals surface area contributed by atoms with Crippen LogP contribution in [0, 0.1) is 0 Å². The van der Waals surface area contributed by atoms with Gasteiger partial charge in [-0.05, 0) is 31.0 Å². The first-order valence-electron chi connectivity index (χ1n) is 9.27. The molecule has 8 nitrogen and oxygen atoms in total. The third kappa shape index (κ3) is 3.44. The van der Waals surface area contributed by atoms with Crippen molar-refractivity contribution in [2.24, 2.45) is 0 Å². The number of benzene rings is 1. The molecule has 8 heteroatoms. The Labute approximate surface area is 157 Å². The molecule has 2 aliphatic heterocycles. The molecule has 0 spiro atoms. The molecule has 1 aromatic carbocycles. The summed E-state index contributed by atoms with van der Waals surface area (Å²) in [5.74, 6) is 1.89. The van der Waals surface area contributed by atoms with E-state index in [-0.39, 0.29) is 5.91 Å². The molecule has 1 aromatic heterocycles. The largest absolute Gasteiger partial charge is 0.465 e. The zero-order valence-corrected chi connectivity index (χ0v) is 15.4. The van der Waals surface area contributed by atoms with Gasteiger partial charge in [0.15, 0.2) is 0 Å². The van der Waals surface area contributed by atoms with Crippen LogP contribution in [-0.4, -0.2) is 58.3 Å². The Bertz CT molecular complexity index is 855. The van der Waals surface area contributed by atoms with Crippen LogP contribution in [0.1, 0.15) is 51.1 Å². The molecule has 1 amide bonds. The number of amides is 1. The Hall–Kier alpha value is -2.74. The second-order valence-electron chi connectivity index (χ2n) is 6.94. The summed E-state index contributed by atoms with van der Waals surface area (Å²) in [5.41, 5.74) is 0.907. The fourth-order valence-electron chi connectivity index (χ4n) is 3.84. The number of carbonyl (C=O) groups is 2. The minimum Gasteiger partial charge on any atom is -0.465 e. The van der Waals surface area contributed by atoms with Crippen LogP contribution in [-0.2, 0) is 17.8 Å². The van der Waals surface area contributed by atoms with Crippen LogP contribution >= 0.6 is 0 Å². The number of nitrogens with zero attached hydrogens (tertiary/aromatic N) is 4. The minimum absolute atomic E-state index is 0.0494. The summed E-state index contributed by atoms with van der Waals surface area (Å²) >= 11 is 0. The standard InChI is InChI=1S/C19H23N5O3/c1-27-19(26)15-4-2-3-14(11-15)18(25)23-8-5-13(6-9-23)17-22-21-16-12-20-7-10-24(16)17/h2-4,11,13,20H,5-10,12H2,1H3. The number of esters is 1. The highest BCUT2D eigenvalue weighted by molar-refractivity contribution is 5.97. The highest BCUT2D eigenvalue weighted by Gasteiger charge is 2.29. The smallest absolute Gasteiger partial charge is 0.337 e. The molecule has 4 rings (SSSR count). The van der Waals surface area contributed by atoms with Gasteiger partial charge in [0.2, 0.25) is 0 Å². The number of rotatable bonds is 3. The van der Waals surface area contributed by atoms with Crippen LogP contribution in [0.15, 0.2) is 24.3 Å². The fraction of sp³-hybridized carbons (Fsp3) is 0.474. The summed E-state index contributed by atoms with van der Waals surface area (Å²) < 4.78 is 6.95. The summed E-state index contributed by atoms with van der Waals surface area (Å²) in [7, 11) is 1.33. The van der Waals surface area contributed by atoms with Crippen molar-refractivity contribution in [2.75, 3.05) is 26.7 Å². The number of nitrogens with one attached hydrogen (secondary N) is 1. The Morgan fingerprint density at radius 1 is 1.15 bits per heavy atom. The maximum Gasteiger partial charge on any atom is 0.337 e. The van der Waals surface area contributed by atoms with Gasteiger partial charge in [0.1, 0.15) is 11.6 Å². The number of carbonyl (C=O) groups excluding carboxylic acids is 2. The van der Waals surface area contributed by atoms with Crippen molar-refractivity contribution in [3.8, 4) is 0 Å². The molecule has 0 bridgehead atoms. The third-order valence-corrected chi connectivity index (χ3v) is 5.33. The first-order valence-corrected chi connectivity index (χ1v) is 9.27. The predicted molar refractivity (Wildman–Crippen MR) is 97.4 cm³/mol. The van der Waals surface area contributed by atoms with E-state index < -0.39 is 5.97 Å². The fourth-order valence-corrected chi connectivity index (χ4v) is 3.84. The van der Waals surface area contributed by atoms with Gasteiger partial charge in [0.25, 0.3) is 5.91 Å². The van der Waals surface area contributed by atoms with E-state index >= 15 is 0 Å².